The number of aryl methyl sites for hydroxylation is 3. The molecule has 2 rings (SSSR count). The Hall–Kier alpha value is -3.79. The molecule has 2 N–H and O–H groups in total. The highest BCUT2D eigenvalue weighted by molar-refractivity contribution is 6.00. The number of ether oxygens (including phenoxy) is 1. The molecular weight excluding hydrogens is 466 g/mol. The lowest BCUT2D eigenvalue weighted by Crippen LogP contribution is -2.53. The van der Waals surface area contributed by atoms with Crippen molar-refractivity contribution in [2.24, 2.45) is 5.92 Å². The average Bonchev–Trinajstić information content (AvgIpc) is 2.81. The van der Waals surface area contributed by atoms with Gasteiger partial charge in [-0.05, 0) is 69.2 Å². The van der Waals surface area contributed by atoms with Gasteiger partial charge in [-0.1, -0.05) is 69.7 Å². The van der Waals surface area contributed by atoms with Crippen LogP contribution < -0.4 is 10.6 Å². The third-order valence-corrected chi connectivity index (χ3v) is 5.92. The highest BCUT2D eigenvalue weighted by atomic mass is 16.6. The van der Waals surface area contributed by atoms with Crippen molar-refractivity contribution in [3.05, 3.63) is 64.7 Å². The van der Waals surface area contributed by atoms with Crippen molar-refractivity contribution in [2.75, 3.05) is 5.32 Å². The van der Waals surface area contributed by atoms with Crippen molar-refractivity contribution < 1.29 is 19.1 Å². The maximum absolute atomic E-state index is 13.8. The number of nitrogens with zero attached hydrogens (tertiary/aromatic N) is 1. The van der Waals surface area contributed by atoms with E-state index in [1.54, 1.807) is 46.8 Å². The lowest BCUT2D eigenvalue weighted by Gasteiger charge is -2.32. The normalized spacial score (nSPS) is 12.8. The zero-order valence-electron chi connectivity index (χ0n) is 23.1. The number of nitrogens with one attached hydrogen (secondary N) is 2. The SMILES string of the molecule is C#CN(C(=O)C(NC(=O)OC(C)(C)C)C(C)C)C(C(=O)Nc1c(C)cccc1C)c1ccc(CC)cc1. The Morgan fingerprint density at radius 3 is 2.05 bits per heavy atom. The van der Waals surface area contributed by atoms with Crippen LogP contribution in [-0.4, -0.2) is 34.5 Å². The van der Waals surface area contributed by atoms with Crippen molar-refractivity contribution in [3.8, 4) is 12.5 Å². The van der Waals surface area contributed by atoms with Crippen molar-refractivity contribution >= 4 is 23.6 Å². The standard InChI is InChI=1S/C30H39N3O4/c1-10-22-15-17-23(18-16-22)26(27(34)31-25-20(5)13-12-14-21(25)6)33(11-2)28(35)24(19(3)4)32-29(36)37-30(7,8)9/h2,12-19,24,26H,10H2,1,3-9H3,(H,31,34)(H,32,36). The van der Waals surface area contributed by atoms with E-state index in [1.807, 2.05) is 51.1 Å². The predicted octanol–water partition coefficient (Wildman–Crippen LogP) is 5.51. The summed E-state index contributed by atoms with van der Waals surface area (Å²) in [5.41, 5.74) is 3.35. The molecule has 0 saturated heterocycles. The van der Waals surface area contributed by atoms with Gasteiger partial charge in [0.1, 0.15) is 17.7 Å². The predicted molar refractivity (Wildman–Crippen MR) is 147 cm³/mol. The minimum Gasteiger partial charge on any atom is -0.444 e. The fourth-order valence-electron chi connectivity index (χ4n) is 3.92. The van der Waals surface area contributed by atoms with E-state index in [-0.39, 0.29) is 5.92 Å². The van der Waals surface area contributed by atoms with Crippen LogP contribution in [0.15, 0.2) is 42.5 Å². The summed E-state index contributed by atoms with van der Waals surface area (Å²) >= 11 is 0. The number of terminal acetylenes is 1. The quantitative estimate of drug-likeness (QED) is 0.366. The first-order chi connectivity index (χ1) is 17.3. The molecule has 0 fully saturated rings. The average molecular weight is 506 g/mol. The maximum atomic E-state index is 13.8. The largest absolute Gasteiger partial charge is 0.444 e. The number of para-hydroxylation sites is 1. The van der Waals surface area contributed by atoms with Crippen LogP contribution in [0.2, 0.25) is 0 Å². The molecule has 0 radical (unpaired) electrons. The van der Waals surface area contributed by atoms with Gasteiger partial charge >= 0.3 is 6.09 Å². The first-order valence-electron chi connectivity index (χ1n) is 12.5. The third-order valence-electron chi connectivity index (χ3n) is 5.92. The van der Waals surface area contributed by atoms with Crippen molar-refractivity contribution in [1.29, 1.82) is 0 Å². The molecule has 2 unspecified atom stereocenters. The molecule has 2 aromatic carbocycles. The lowest BCUT2D eigenvalue weighted by atomic mass is 9.98. The summed E-state index contributed by atoms with van der Waals surface area (Å²) in [5, 5.41) is 5.61. The summed E-state index contributed by atoms with van der Waals surface area (Å²) in [7, 11) is 0. The van der Waals surface area contributed by atoms with Crippen LogP contribution in [-0.2, 0) is 20.7 Å². The number of benzene rings is 2. The van der Waals surface area contributed by atoms with Gasteiger partial charge in [-0.2, -0.15) is 0 Å². The topological polar surface area (TPSA) is 87.7 Å². The van der Waals surface area contributed by atoms with Gasteiger partial charge in [0.25, 0.3) is 11.8 Å². The van der Waals surface area contributed by atoms with E-state index in [9.17, 15) is 14.4 Å². The second-order valence-corrected chi connectivity index (χ2v) is 10.5. The molecule has 0 bridgehead atoms. The van der Waals surface area contributed by atoms with Gasteiger partial charge < -0.3 is 15.4 Å². The summed E-state index contributed by atoms with van der Waals surface area (Å²) in [4.78, 5) is 41.1. The monoisotopic (exact) mass is 505 g/mol. The Balaban J connectivity index is 2.50. The Labute approximate surface area is 221 Å². The van der Waals surface area contributed by atoms with E-state index in [0.29, 0.717) is 11.3 Å². The first kappa shape index (κ1) is 29.4. The molecule has 0 heterocycles. The highest BCUT2D eigenvalue weighted by Gasteiger charge is 2.37. The third kappa shape index (κ3) is 7.85. The van der Waals surface area contributed by atoms with Crippen LogP contribution in [0.1, 0.15) is 69.8 Å². The summed E-state index contributed by atoms with van der Waals surface area (Å²) in [5.74, 6) is -1.35. The Morgan fingerprint density at radius 1 is 1.03 bits per heavy atom. The maximum Gasteiger partial charge on any atom is 0.408 e. The van der Waals surface area contributed by atoms with Crippen LogP contribution >= 0.6 is 0 Å². The number of alkyl carbamates (subject to hydrolysis) is 1. The Kier molecular flexibility index (Phi) is 9.90. The molecule has 0 aromatic heterocycles. The molecule has 0 aliphatic carbocycles. The van der Waals surface area contributed by atoms with Crippen LogP contribution in [0.3, 0.4) is 0 Å². The van der Waals surface area contributed by atoms with Gasteiger partial charge in [0.2, 0.25) is 0 Å². The zero-order chi connectivity index (χ0) is 27.9. The number of rotatable bonds is 8. The second kappa shape index (κ2) is 12.4. The number of carbonyl (C=O) groups excluding carboxylic acids is 3. The van der Waals surface area contributed by atoms with Gasteiger partial charge in [0, 0.05) is 11.7 Å². The molecule has 0 aliphatic heterocycles. The molecule has 2 aromatic rings. The van der Waals surface area contributed by atoms with Crippen LogP contribution in [0.5, 0.6) is 0 Å². The molecule has 0 aliphatic rings. The van der Waals surface area contributed by atoms with E-state index >= 15 is 0 Å². The minimum atomic E-state index is -1.12. The van der Waals surface area contributed by atoms with Gasteiger partial charge in [-0.3, -0.25) is 14.5 Å². The summed E-state index contributed by atoms with van der Waals surface area (Å²) in [6.07, 6.45) is 5.95. The van der Waals surface area contributed by atoms with E-state index in [1.165, 1.54) is 0 Å². The van der Waals surface area contributed by atoms with Crippen molar-refractivity contribution in [1.82, 2.24) is 10.2 Å². The molecule has 0 spiro atoms. The zero-order valence-corrected chi connectivity index (χ0v) is 23.1. The summed E-state index contributed by atoms with van der Waals surface area (Å²) in [6, 6.07) is 13.4. The van der Waals surface area contributed by atoms with E-state index in [2.05, 4.69) is 16.7 Å². The number of amides is 3. The summed E-state index contributed by atoms with van der Waals surface area (Å²) in [6.45, 7) is 14.6. The Morgan fingerprint density at radius 2 is 1.59 bits per heavy atom. The van der Waals surface area contributed by atoms with Crippen molar-refractivity contribution in [3.63, 3.8) is 0 Å². The molecule has 7 heteroatoms. The Bertz CT molecular complexity index is 1140. The smallest absolute Gasteiger partial charge is 0.408 e. The lowest BCUT2D eigenvalue weighted by molar-refractivity contribution is -0.137. The number of anilines is 1. The number of carbonyl (C=O) groups is 3. The summed E-state index contributed by atoms with van der Waals surface area (Å²) < 4.78 is 5.35. The number of hydrogen-bond donors (Lipinski definition) is 2. The highest BCUT2D eigenvalue weighted by Crippen LogP contribution is 2.27. The van der Waals surface area contributed by atoms with Gasteiger partial charge in [-0.15, -0.1) is 0 Å². The fourth-order valence-corrected chi connectivity index (χ4v) is 3.92. The van der Waals surface area contributed by atoms with Crippen LogP contribution in [0.4, 0.5) is 10.5 Å². The molecular formula is C30H39N3O4. The molecule has 198 valence electrons. The second-order valence-electron chi connectivity index (χ2n) is 10.5. The molecule has 0 saturated carbocycles. The van der Waals surface area contributed by atoms with E-state index in [0.717, 1.165) is 28.0 Å². The van der Waals surface area contributed by atoms with Gasteiger partial charge in [0.05, 0.1) is 0 Å². The van der Waals surface area contributed by atoms with Crippen LogP contribution in [0.25, 0.3) is 0 Å². The molecule has 2 atom stereocenters. The first-order valence-corrected chi connectivity index (χ1v) is 12.5. The van der Waals surface area contributed by atoms with Crippen LogP contribution in [0, 0.1) is 32.2 Å². The van der Waals surface area contributed by atoms with Gasteiger partial charge in [0.15, 0.2) is 0 Å². The molecule has 37 heavy (non-hydrogen) atoms. The molecule has 3 amide bonds. The minimum absolute atomic E-state index is 0.319. The van der Waals surface area contributed by atoms with E-state index in [4.69, 9.17) is 11.2 Å². The number of hydrogen-bond acceptors (Lipinski definition) is 4. The van der Waals surface area contributed by atoms with E-state index < -0.39 is 35.6 Å². The fraction of sp³-hybridized carbons (Fsp3) is 0.433. The van der Waals surface area contributed by atoms with Crippen molar-refractivity contribution in [2.45, 2.75) is 79.5 Å². The molecule has 7 nitrogen and oxygen atoms in total. The van der Waals surface area contributed by atoms with Gasteiger partial charge in [-0.25, -0.2) is 4.79 Å².